The molecule has 0 spiro atoms. The van der Waals surface area contributed by atoms with Crippen LogP contribution in [0.4, 0.5) is 0 Å². The zero-order valence-corrected chi connectivity index (χ0v) is 17.2. The number of pyridine rings is 2. The number of benzene rings is 3. The minimum atomic E-state index is 0.835. The van der Waals surface area contributed by atoms with Gasteiger partial charge in [-0.1, -0.05) is 66.7 Å². The van der Waals surface area contributed by atoms with Crippen LogP contribution in [0.3, 0.4) is 0 Å². The maximum Gasteiger partial charge on any atom is 0.159 e. The molecule has 0 aliphatic heterocycles. The van der Waals surface area contributed by atoms with Gasteiger partial charge in [-0.15, -0.1) is 0 Å². The number of aromatic nitrogens is 4. The van der Waals surface area contributed by atoms with Crippen molar-refractivity contribution in [2.24, 2.45) is 0 Å². The summed E-state index contributed by atoms with van der Waals surface area (Å²) in [5, 5.41) is 2.16. The lowest BCUT2D eigenvalue weighted by Crippen LogP contribution is -1.99. The van der Waals surface area contributed by atoms with Crippen LogP contribution in [0.25, 0.3) is 55.6 Å². The second-order valence-corrected chi connectivity index (χ2v) is 7.64. The maximum atomic E-state index is 5.07. The van der Waals surface area contributed by atoms with E-state index < -0.39 is 0 Å². The summed E-state index contributed by atoms with van der Waals surface area (Å²) >= 11 is 0. The Kier molecular flexibility index (Phi) is 4.03. The van der Waals surface area contributed by atoms with E-state index in [2.05, 4.69) is 78.2 Å². The van der Waals surface area contributed by atoms with Crippen LogP contribution in [0.5, 0.6) is 0 Å². The third-order valence-corrected chi connectivity index (χ3v) is 5.79. The molecule has 4 heteroatoms. The summed E-state index contributed by atoms with van der Waals surface area (Å²) < 4.78 is 2.22. The molecule has 6 rings (SSSR count). The van der Waals surface area contributed by atoms with Crippen LogP contribution in [0.1, 0.15) is 6.92 Å². The normalized spacial score (nSPS) is 11.5. The predicted molar refractivity (Wildman–Crippen MR) is 127 cm³/mol. The molecule has 3 aromatic carbocycles. The molecule has 3 heterocycles. The van der Waals surface area contributed by atoms with Gasteiger partial charge >= 0.3 is 0 Å². The molecule has 6 aromatic rings. The molecular weight excluding hydrogens is 380 g/mol. The third-order valence-electron chi connectivity index (χ3n) is 5.79. The number of para-hydroxylation sites is 2. The average molecular weight is 400 g/mol. The lowest BCUT2D eigenvalue weighted by Gasteiger charge is -2.09. The van der Waals surface area contributed by atoms with Gasteiger partial charge in [0.1, 0.15) is 5.69 Å². The van der Waals surface area contributed by atoms with E-state index in [1.54, 1.807) is 0 Å². The second-order valence-electron chi connectivity index (χ2n) is 7.64. The zero-order chi connectivity index (χ0) is 20.8. The Hall–Kier alpha value is -4.05. The first-order chi connectivity index (χ1) is 15.3. The standard InChI is InChI=1S/C27H20N4/c1-2-31-24-11-7-6-10-22(24)30-27(31)23-17-15-20-13-12-19-14-16-21(18-8-4-3-5-9-18)28-25(19)26(20)29-23/h3-17H,2H2,1H3. The smallest absolute Gasteiger partial charge is 0.159 e. The van der Waals surface area contributed by atoms with Crippen molar-refractivity contribution in [2.45, 2.75) is 13.5 Å². The third kappa shape index (κ3) is 2.88. The van der Waals surface area contributed by atoms with E-state index in [0.717, 1.165) is 62.2 Å². The molecule has 148 valence electrons. The van der Waals surface area contributed by atoms with Crippen molar-refractivity contribution < 1.29 is 0 Å². The summed E-state index contributed by atoms with van der Waals surface area (Å²) in [5.74, 6) is 0.891. The summed E-state index contributed by atoms with van der Waals surface area (Å²) in [6, 6.07) is 31.1. The van der Waals surface area contributed by atoms with Gasteiger partial charge in [-0.2, -0.15) is 0 Å². The fraction of sp³-hybridized carbons (Fsp3) is 0.0741. The van der Waals surface area contributed by atoms with Crippen LogP contribution in [-0.4, -0.2) is 19.5 Å². The molecule has 0 bridgehead atoms. The topological polar surface area (TPSA) is 43.6 Å². The molecule has 0 aliphatic rings. The van der Waals surface area contributed by atoms with Crippen LogP contribution in [0.15, 0.2) is 91.0 Å². The summed E-state index contributed by atoms with van der Waals surface area (Å²) in [4.78, 5) is 15.0. The first-order valence-electron chi connectivity index (χ1n) is 10.5. The quantitative estimate of drug-likeness (QED) is 0.319. The van der Waals surface area contributed by atoms with Gasteiger partial charge in [-0.05, 0) is 31.2 Å². The van der Waals surface area contributed by atoms with E-state index in [1.165, 1.54) is 0 Å². The minimum absolute atomic E-state index is 0.835. The van der Waals surface area contributed by atoms with E-state index in [1.807, 2.05) is 24.3 Å². The highest BCUT2D eigenvalue weighted by molar-refractivity contribution is 6.04. The average Bonchev–Trinajstić information content (AvgIpc) is 3.22. The fourth-order valence-electron chi connectivity index (χ4n) is 4.25. The largest absolute Gasteiger partial charge is 0.323 e. The molecule has 0 saturated heterocycles. The molecule has 0 unspecified atom stereocenters. The maximum absolute atomic E-state index is 5.07. The van der Waals surface area contributed by atoms with Crippen molar-refractivity contribution in [2.75, 3.05) is 0 Å². The minimum Gasteiger partial charge on any atom is -0.323 e. The monoisotopic (exact) mass is 400 g/mol. The van der Waals surface area contributed by atoms with Gasteiger partial charge in [0, 0.05) is 22.9 Å². The summed E-state index contributed by atoms with van der Waals surface area (Å²) in [5.41, 5.74) is 6.86. The lowest BCUT2D eigenvalue weighted by molar-refractivity contribution is 0.794. The Morgan fingerprint density at radius 3 is 1.97 bits per heavy atom. The van der Waals surface area contributed by atoms with Crippen molar-refractivity contribution in [3.8, 4) is 22.8 Å². The molecule has 0 fully saturated rings. The number of nitrogens with zero attached hydrogens (tertiary/aromatic N) is 4. The van der Waals surface area contributed by atoms with Crippen LogP contribution in [0, 0.1) is 0 Å². The van der Waals surface area contributed by atoms with Gasteiger partial charge < -0.3 is 4.57 Å². The zero-order valence-electron chi connectivity index (χ0n) is 17.2. The summed E-state index contributed by atoms with van der Waals surface area (Å²) in [6.45, 7) is 2.98. The van der Waals surface area contributed by atoms with E-state index in [0.29, 0.717) is 0 Å². The molecule has 0 aliphatic carbocycles. The molecule has 0 atom stereocenters. The van der Waals surface area contributed by atoms with Crippen molar-refractivity contribution in [1.82, 2.24) is 19.5 Å². The number of aryl methyl sites for hydroxylation is 1. The number of imidazole rings is 1. The van der Waals surface area contributed by atoms with Gasteiger partial charge in [-0.25, -0.2) is 15.0 Å². The Morgan fingerprint density at radius 2 is 1.23 bits per heavy atom. The number of rotatable bonds is 3. The summed E-state index contributed by atoms with van der Waals surface area (Å²) in [6.07, 6.45) is 0. The number of hydrogen-bond acceptors (Lipinski definition) is 3. The van der Waals surface area contributed by atoms with Crippen molar-refractivity contribution in [1.29, 1.82) is 0 Å². The van der Waals surface area contributed by atoms with Crippen LogP contribution < -0.4 is 0 Å². The van der Waals surface area contributed by atoms with E-state index in [4.69, 9.17) is 15.0 Å². The Bertz CT molecular complexity index is 1570. The van der Waals surface area contributed by atoms with Crippen LogP contribution in [0.2, 0.25) is 0 Å². The SMILES string of the molecule is CCn1c(-c2ccc3ccc4ccc(-c5ccccc5)nc4c3n2)nc2ccccc21. The van der Waals surface area contributed by atoms with Crippen molar-refractivity contribution >= 4 is 32.8 Å². The highest BCUT2D eigenvalue weighted by Crippen LogP contribution is 2.29. The molecular formula is C27H20N4. The van der Waals surface area contributed by atoms with Crippen LogP contribution >= 0.6 is 0 Å². The molecule has 0 amide bonds. The Balaban J connectivity index is 1.60. The molecule has 0 N–H and O–H groups in total. The van der Waals surface area contributed by atoms with Crippen LogP contribution in [-0.2, 0) is 6.54 Å². The molecule has 4 nitrogen and oxygen atoms in total. The number of fused-ring (bicyclic) bond motifs is 4. The van der Waals surface area contributed by atoms with Gasteiger partial charge in [0.15, 0.2) is 5.82 Å². The molecule has 0 saturated carbocycles. The Morgan fingerprint density at radius 1 is 0.613 bits per heavy atom. The first kappa shape index (κ1) is 17.8. The number of hydrogen-bond donors (Lipinski definition) is 0. The van der Waals surface area contributed by atoms with Crippen molar-refractivity contribution in [3.05, 3.63) is 91.0 Å². The highest BCUT2D eigenvalue weighted by atomic mass is 15.1. The van der Waals surface area contributed by atoms with Crippen molar-refractivity contribution in [3.63, 3.8) is 0 Å². The van der Waals surface area contributed by atoms with E-state index in [9.17, 15) is 0 Å². The first-order valence-corrected chi connectivity index (χ1v) is 10.5. The van der Waals surface area contributed by atoms with E-state index >= 15 is 0 Å². The fourth-order valence-corrected chi connectivity index (χ4v) is 4.25. The highest BCUT2D eigenvalue weighted by Gasteiger charge is 2.14. The van der Waals surface area contributed by atoms with Gasteiger partial charge in [0.25, 0.3) is 0 Å². The van der Waals surface area contributed by atoms with Gasteiger partial charge in [0.2, 0.25) is 0 Å². The molecule has 31 heavy (non-hydrogen) atoms. The predicted octanol–water partition coefficient (Wildman–Crippen LogP) is 6.49. The second kappa shape index (κ2) is 7.03. The van der Waals surface area contributed by atoms with Gasteiger partial charge in [0.05, 0.1) is 27.8 Å². The molecule has 0 radical (unpaired) electrons. The van der Waals surface area contributed by atoms with E-state index in [-0.39, 0.29) is 0 Å². The van der Waals surface area contributed by atoms with Gasteiger partial charge in [-0.3, -0.25) is 0 Å². The summed E-state index contributed by atoms with van der Waals surface area (Å²) in [7, 11) is 0. The lowest BCUT2D eigenvalue weighted by atomic mass is 10.1. The Labute approximate surface area is 179 Å². The molecule has 3 aromatic heterocycles.